The molecule has 8 heteroatoms. The van der Waals surface area contributed by atoms with E-state index in [1.54, 1.807) is 36.4 Å². The van der Waals surface area contributed by atoms with Crippen LogP contribution in [0.2, 0.25) is 0 Å². The quantitative estimate of drug-likeness (QED) is 0.307. The highest BCUT2D eigenvalue weighted by molar-refractivity contribution is 6.03. The highest BCUT2D eigenvalue weighted by Gasteiger charge is 2.13. The van der Waals surface area contributed by atoms with E-state index < -0.39 is 17.8 Å². The van der Waals surface area contributed by atoms with Gasteiger partial charge in [-0.1, -0.05) is 57.2 Å². The largest absolute Gasteiger partial charge is 0.491 e. The van der Waals surface area contributed by atoms with Gasteiger partial charge in [-0.25, -0.2) is 4.98 Å². The third-order valence-corrected chi connectivity index (χ3v) is 4.98. The molecule has 0 aliphatic rings. The number of pyridine rings is 1. The van der Waals surface area contributed by atoms with Gasteiger partial charge in [0.1, 0.15) is 17.1 Å². The van der Waals surface area contributed by atoms with Gasteiger partial charge in [-0.2, -0.15) is 0 Å². The van der Waals surface area contributed by atoms with Gasteiger partial charge in [0.05, 0.1) is 19.4 Å². The van der Waals surface area contributed by atoms with E-state index in [1.807, 2.05) is 0 Å². The number of hydrogen-bond donors (Lipinski definition) is 3. The molecule has 0 saturated carbocycles. The summed E-state index contributed by atoms with van der Waals surface area (Å²) in [5, 5.41) is 20.6. The number of hydrogen-bond acceptors (Lipinski definition) is 5. The minimum Gasteiger partial charge on any atom is -0.491 e. The van der Waals surface area contributed by atoms with Gasteiger partial charge in [0, 0.05) is 5.69 Å². The number of unbranched alkanes of at least 4 members (excludes halogenated alkanes) is 5. The van der Waals surface area contributed by atoms with Crippen LogP contribution in [0.25, 0.3) is 6.08 Å². The average Bonchev–Trinajstić information content (AvgIpc) is 2.78. The number of aromatic nitrogens is 1. The molecule has 1 aromatic heterocycles. The van der Waals surface area contributed by atoms with Gasteiger partial charge in [0.15, 0.2) is 0 Å². The third kappa shape index (κ3) is 9.85. The van der Waals surface area contributed by atoms with Gasteiger partial charge in [0.25, 0.3) is 5.91 Å². The van der Waals surface area contributed by atoms with Crippen LogP contribution in [-0.2, 0) is 16.0 Å². The Balaban J connectivity index is 2.08. The second-order valence-electron chi connectivity index (χ2n) is 7.92. The Morgan fingerprint density at radius 2 is 1.76 bits per heavy atom. The first-order valence-electron chi connectivity index (χ1n) is 11.5. The smallest absolute Gasteiger partial charge is 0.307 e. The number of rotatable bonds is 15. The topological polar surface area (TPSA) is 126 Å². The van der Waals surface area contributed by atoms with E-state index in [-0.39, 0.29) is 18.5 Å². The van der Waals surface area contributed by atoms with Crippen molar-refractivity contribution in [2.24, 2.45) is 0 Å². The Morgan fingerprint density at radius 1 is 1.00 bits per heavy atom. The van der Waals surface area contributed by atoms with Crippen LogP contribution < -0.4 is 10.1 Å². The number of carboxylic acids is 2. The molecule has 0 radical (unpaired) electrons. The number of ether oxygens (including phenoxy) is 1. The number of carbonyl (C=O) groups is 3. The molecule has 0 unspecified atom stereocenters. The second kappa shape index (κ2) is 14.5. The zero-order valence-electron chi connectivity index (χ0n) is 19.5. The minimum absolute atomic E-state index is 0.130. The number of amides is 1. The maximum atomic E-state index is 12.7. The van der Waals surface area contributed by atoms with Crippen molar-refractivity contribution in [2.75, 3.05) is 11.9 Å². The molecule has 34 heavy (non-hydrogen) atoms. The summed E-state index contributed by atoms with van der Waals surface area (Å²) >= 11 is 0. The van der Waals surface area contributed by atoms with E-state index in [4.69, 9.17) is 14.9 Å². The molecule has 0 atom stereocenters. The van der Waals surface area contributed by atoms with Crippen molar-refractivity contribution in [1.82, 2.24) is 4.98 Å². The number of aliphatic carboxylic acids is 2. The van der Waals surface area contributed by atoms with E-state index in [0.29, 0.717) is 29.3 Å². The van der Waals surface area contributed by atoms with E-state index in [2.05, 4.69) is 17.2 Å². The Hall–Kier alpha value is -3.68. The van der Waals surface area contributed by atoms with Crippen LogP contribution >= 0.6 is 0 Å². The summed E-state index contributed by atoms with van der Waals surface area (Å²) in [5.41, 5.74) is 1.52. The Morgan fingerprint density at radius 3 is 2.50 bits per heavy atom. The number of nitrogens with one attached hydrogen (secondary N) is 1. The average molecular weight is 469 g/mol. The Kier molecular flexibility index (Phi) is 11.3. The Labute approximate surface area is 199 Å². The van der Waals surface area contributed by atoms with Gasteiger partial charge in [-0.05, 0) is 42.3 Å². The van der Waals surface area contributed by atoms with Gasteiger partial charge in [-0.15, -0.1) is 0 Å². The molecule has 0 aliphatic heterocycles. The molecule has 2 rings (SSSR count). The van der Waals surface area contributed by atoms with Crippen LogP contribution in [0.15, 0.2) is 42.5 Å². The molecule has 0 saturated heterocycles. The molecule has 0 bridgehead atoms. The van der Waals surface area contributed by atoms with Gasteiger partial charge in [-0.3, -0.25) is 14.4 Å². The maximum absolute atomic E-state index is 12.7. The molecule has 2 aromatic rings. The molecule has 0 spiro atoms. The minimum atomic E-state index is -0.971. The van der Waals surface area contributed by atoms with Gasteiger partial charge < -0.3 is 20.3 Å². The highest BCUT2D eigenvalue weighted by atomic mass is 16.5. The van der Waals surface area contributed by atoms with Crippen LogP contribution in [0.1, 0.15) is 73.6 Å². The molecule has 0 fully saturated rings. The molecular formula is C26H32N2O6. The Bertz CT molecular complexity index is 1000. The number of anilines is 1. The van der Waals surface area contributed by atoms with Crippen molar-refractivity contribution in [3.63, 3.8) is 0 Å². The van der Waals surface area contributed by atoms with Crippen LogP contribution in [0.3, 0.4) is 0 Å². The first-order valence-corrected chi connectivity index (χ1v) is 11.5. The van der Waals surface area contributed by atoms with Crippen molar-refractivity contribution < 1.29 is 29.3 Å². The standard InChI is InChI=1S/C26H32N2O6/c1-2-3-4-5-6-7-16-34-23-15-14-22(28-21(23)12-9-13-24(29)30)26(33)27-20-11-8-10-19(17-20)18-25(31)32/h8-12,14-15,17H,2-7,13,16,18H2,1H3,(H,27,33)(H,29,30)(H,31,32)/b12-9+. The summed E-state index contributed by atoms with van der Waals surface area (Å²) in [6, 6.07) is 9.79. The zero-order chi connectivity index (χ0) is 24.8. The molecule has 1 amide bonds. The maximum Gasteiger partial charge on any atom is 0.307 e. The summed E-state index contributed by atoms with van der Waals surface area (Å²) in [5.74, 6) is -1.92. The first-order chi connectivity index (χ1) is 16.4. The molecule has 1 aromatic carbocycles. The van der Waals surface area contributed by atoms with Crippen molar-refractivity contribution in [2.45, 2.75) is 58.3 Å². The number of benzene rings is 1. The van der Waals surface area contributed by atoms with E-state index in [0.717, 1.165) is 19.3 Å². The summed E-state index contributed by atoms with van der Waals surface area (Å²) in [4.78, 5) is 38.9. The van der Waals surface area contributed by atoms with E-state index in [1.165, 1.54) is 31.4 Å². The monoisotopic (exact) mass is 468 g/mol. The van der Waals surface area contributed by atoms with Crippen LogP contribution in [0.5, 0.6) is 5.75 Å². The summed E-state index contributed by atoms with van der Waals surface area (Å²) in [7, 11) is 0. The second-order valence-corrected chi connectivity index (χ2v) is 7.92. The third-order valence-electron chi connectivity index (χ3n) is 4.98. The molecule has 182 valence electrons. The SMILES string of the molecule is CCCCCCCCOc1ccc(C(=O)Nc2cccc(CC(=O)O)c2)nc1/C=C/CC(=O)O. The molecular weight excluding hydrogens is 436 g/mol. The van der Waals surface area contributed by atoms with Crippen molar-refractivity contribution in [3.8, 4) is 5.75 Å². The molecule has 3 N–H and O–H groups in total. The lowest BCUT2D eigenvalue weighted by Gasteiger charge is -2.11. The lowest BCUT2D eigenvalue weighted by atomic mass is 10.1. The summed E-state index contributed by atoms with van der Waals surface area (Å²) in [6.45, 7) is 2.69. The predicted octanol–water partition coefficient (Wildman–Crippen LogP) is 5.19. The fourth-order valence-electron chi connectivity index (χ4n) is 3.29. The van der Waals surface area contributed by atoms with Crippen LogP contribution in [0, 0.1) is 0 Å². The van der Waals surface area contributed by atoms with Crippen molar-refractivity contribution >= 4 is 29.6 Å². The number of carbonyl (C=O) groups excluding carboxylic acids is 1. The number of carboxylic acid groups (broad SMARTS) is 2. The molecule has 8 nitrogen and oxygen atoms in total. The van der Waals surface area contributed by atoms with Crippen molar-refractivity contribution in [1.29, 1.82) is 0 Å². The van der Waals surface area contributed by atoms with E-state index >= 15 is 0 Å². The van der Waals surface area contributed by atoms with E-state index in [9.17, 15) is 14.4 Å². The van der Waals surface area contributed by atoms with Crippen LogP contribution in [0.4, 0.5) is 5.69 Å². The van der Waals surface area contributed by atoms with Crippen molar-refractivity contribution in [3.05, 3.63) is 59.4 Å². The summed E-state index contributed by atoms with van der Waals surface area (Å²) < 4.78 is 5.86. The summed E-state index contributed by atoms with van der Waals surface area (Å²) in [6.07, 6.45) is 9.44. The molecule has 0 aliphatic carbocycles. The fraction of sp³-hybridized carbons (Fsp3) is 0.385. The van der Waals surface area contributed by atoms with Crippen LogP contribution in [-0.4, -0.2) is 39.6 Å². The van der Waals surface area contributed by atoms with Gasteiger partial charge in [0.2, 0.25) is 0 Å². The lowest BCUT2D eigenvalue weighted by Crippen LogP contribution is -2.15. The highest BCUT2D eigenvalue weighted by Crippen LogP contribution is 2.21. The number of nitrogens with zero attached hydrogens (tertiary/aromatic N) is 1. The zero-order valence-corrected chi connectivity index (χ0v) is 19.5. The fourth-order valence-corrected chi connectivity index (χ4v) is 3.29. The first kappa shape index (κ1) is 26.6. The lowest BCUT2D eigenvalue weighted by molar-refractivity contribution is -0.137. The molecule has 1 heterocycles. The normalized spacial score (nSPS) is 10.9. The predicted molar refractivity (Wildman–Crippen MR) is 130 cm³/mol. The van der Waals surface area contributed by atoms with Gasteiger partial charge >= 0.3 is 11.9 Å².